The Bertz CT molecular complexity index is 809. The van der Waals surface area contributed by atoms with Gasteiger partial charge < -0.3 is 9.47 Å². The Balaban J connectivity index is 2.35. The van der Waals surface area contributed by atoms with Crippen LogP contribution in [-0.4, -0.2) is 24.9 Å². The van der Waals surface area contributed by atoms with Gasteiger partial charge in [0.2, 0.25) is 0 Å². The Labute approximate surface area is 145 Å². The fourth-order valence-electron chi connectivity index (χ4n) is 2.34. The molecule has 6 nitrogen and oxygen atoms in total. The quantitative estimate of drug-likeness (QED) is 0.328. The Hall–Kier alpha value is -3.15. The van der Waals surface area contributed by atoms with Crippen molar-refractivity contribution in [2.45, 2.75) is 13.3 Å². The van der Waals surface area contributed by atoms with E-state index in [1.165, 1.54) is 38.5 Å². The fraction of sp³-hybridized carbons (Fsp3) is 0.211. The van der Waals surface area contributed by atoms with E-state index in [4.69, 9.17) is 9.47 Å². The summed E-state index contributed by atoms with van der Waals surface area (Å²) in [6, 6.07) is 10.0. The van der Waals surface area contributed by atoms with Crippen LogP contribution in [0.15, 0.2) is 42.5 Å². The zero-order chi connectivity index (χ0) is 18.4. The summed E-state index contributed by atoms with van der Waals surface area (Å²) < 4.78 is 10.2. The van der Waals surface area contributed by atoms with Crippen molar-refractivity contribution >= 4 is 17.5 Å². The summed E-state index contributed by atoms with van der Waals surface area (Å²) in [4.78, 5) is 23.0. The number of carbonyl (C=O) groups is 1. The van der Waals surface area contributed by atoms with Crippen LogP contribution in [-0.2, 0) is 6.42 Å². The molecule has 0 aliphatic heterocycles. The molecule has 0 saturated heterocycles. The van der Waals surface area contributed by atoms with Gasteiger partial charge in [-0.2, -0.15) is 0 Å². The molecule has 0 aromatic heterocycles. The normalized spacial score (nSPS) is 10.7. The van der Waals surface area contributed by atoms with Gasteiger partial charge in [-0.1, -0.05) is 31.2 Å². The van der Waals surface area contributed by atoms with Gasteiger partial charge in [0.05, 0.1) is 30.8 Å². The monoisotopic (exact) mass is 341 g/mol. The minimum atomic E-state index is -0.526. The average Bonchev–Trinajstić information content (AvgIpc) is 2.65. The van der Waals surface area contributed by atoms with E-state index in [1.807, 2.05) is 19.1 Å². The molecule has 2 aromatic carbocycles. The maximum absolute atomic E-state index is 12.3. The first-order chi connectivity index (χ1) is 12.0. The molecular formula is C19H19NO5. The second-order valence-corrected chi connectivity index (χ2v) is 5.27. The number of allylic oxidation sites excluding steroid dienone is 1. The molecule has 0 bridgehead atoms. The number of ketones is 1. The van der Waals surface area contributed by atoms with Gasteiger partial charge >= 0.3 is 0 Å². The van der Waals surface area contributed by atoms with Crippen LogP contribution >= 0.6 is 0 Å². The second kappa shape index (κ2) is 8.10. The maximum atomic E-state index is 12.3. The molecule has 0 unspecified atom stereocenters. The molecule has 0 fully saturated rings. The van der Waals surface area contributed by atoms with Crippen LogP contribution in [0.3, 0.4) is 0 Å². The number of carbonyl (C=O) groups excluding carboxylic acids is 1. The predicted octanol–water partition coefficient (Wildman–Crippen LogP) is 4.07. The van der Waals surface area contributed by atoms with E-state index in [-0.39, 0.29) is 22.8 Å². The number of nitro benzene ring substituents is 1. The number of ether oxygens (including phenoxy) is 2. The van der Waals surface area contributed by atoms with Gasteiger partial charge in [-0.25, -0.2) is 0 Å². The minimum absolute atomic E-state index is 0.164. The van der Waals surface area contributed by atoms with Crippen LogP contribution in [0.4, 0.5) is 5.69 Å². The highest BCUT2D eigenvalue weighted by Crippen LogP contribution is 2.35. The van der Waals surface area contributed by atoms with Crippen molar-refractivity contribution in [2.24, 2.45) is 0 Å². The number of nitrogens with zero attached hydrogens (tertiary/aromatic N) is 1. The highest BCUT2D eigenvalue weighted by atomic mass is 16.6. The zero-order valence-electron chi connectivity index (χ0n) is 14.3. The number of hydrogen-bond acceptors (Lipinski definition) is 5. The fourth-order valence-corrected chi connectivity index (χ4v) is 2.34. The third-order valence-electron chi connectivity index (χ3n) is 3.79. The van der Waals surface area contributed by atoms with Crippen LogP contribution in [0.1, 0.15) is 28.4 Å². The molecule has 0 N–H and O–H groups in total. The van der Waals surface area contributed by atoms with Crippen molar-refractivity contribution in [3.05, 3.63) is 69.3 Å². The summed E-state index contributed by atoms with van der Waals surface area (Å²) in [7, 11) is 2.85. The lowest BCUT2D eigenvalue weighted by molar-refractivity contribution is -0.385. The van der Waals surface area contributed by atoms with Crippen molar-refractivity contribution in [3.8, 4) is 11.5 Å². The molecule has 0 aliphatic rings. The van der Waals surface area contributed by atoms with Crippen LogP contribution in [0.25, 0.3) is 6.08 Å². The van der Waals surface area contributed by atoms with Gasteiger partial charge in [0, 0.05) is 5.56 Å². The lowest BCUT2D eigenvalue weighted by atomic mass is 10.1. The summed E-state index contributed by atoms with van der Waals surface area (Å²) in [6.45, 7) is 2.03. The number of aryl methyl sites for hydroxylation is 1. The van der Waals surface area contributed by atoms with Crippen LogP contribution < -0.4 is 9.47 Å². The Morgan fingerprint density at radius 2 is 1.72 bits per heavy atom. The highest BCUT2D eigenvalue weighted by Gasteiger charge is 2.18. The summed E-state index contributed by atoms with van der Waals surface area (Å²) in [5, 5.41) is 11.3. The van der Waals surface area contributed by atoms with Gasteiger partial charge in [-0.15, -0.1) is 0 Å². The molecule has 0 atom stereocenters. The first-order valence-electron chi connectivity index (χ1n) is 7.72. The van der Waals surface area contributed by atoms with E-state index in [2.05, 4.69) is 0 Å². The van der Waals surface area contributed by atoms with E-state index in [0.29, 0.717) is 11.3 Å². The first kappa shape index (κ1) is 18.2. The van der Waals surface area contributed by atoms with Crippen molar-refractivity contribution < 1.29 is 19.2 Å². The number of hydrogen-bond donors (Lipinski definition) is 0. The van der Waals surface area contributed by atoms with Gasteiger partial charge in [0.15, 0.2) is 17.3 Å². The number of rotatable bonds is 7. The van der Waals surface area contributed by atoms with Crippen molar-refractivity contribution in [1.29, 1.82) is 0 Å². The lowest BCUT2D eigenvalue weighted by Gasteiger charge is -2.08. The van der Waals surface area contributed by atoms with Gasteiger partial charge in [0.25, 0.3) is 5.69 Å². The average molecular weight is 341 g/mol. The summed E-state index contributed by atoms with van der Waals surface area (Å²) in [5.41, 5.74) is 1.76. The topological polar surface area (TPSA) is 78.7 Å². The highest BCUT2D eigenvalue weighted by molar-refractivity contribution is 6.07. The smallest absolute Gasteiger partial charge is 0.280 e. The summed E-state index contributed by atoms with van der Waals surface area (Å²) in [5.74, 6) is 0.382. The van der Waals surface area contributed by atoms with Crippen LogP contribution in [0.2, 0.25) is 0 Å². The largest absolute Gasteiger partial charge is 0.493 e. The zero-order valence-corrected chi connectivity index (χ0v) is 14.3. The SMILES string of the molecule is CCc1ccc(C(=O)/C=C/c2cc(OC)c(OC)cc2[N+](=O)[O-])cc1. The molecule has 2 aromatic rings. The molecule has 0 saturated carbocycles. The van der Waals surface area contributed by atoms with Crippen LogP contribution in [0.5, 0.6) is 11.5 Å². The number of benzene rings is 2. The van der Waals surface area contributed by atoms with Crippen molar-refractivity contribution in [3.63, 3.8) is 0 Å². The van der Waals surface area contributed by atoms with Crippen LogP contribution in [0, 0.1) is 10.1 Å². The molecule has 2 rings (SSSR count). The van der Waals surface area contributed by atoms with E-state index >= 15 is 0 Å². The molecular weight excluding hydrogens is 322 g/mol. The van der Waals surface area contributed by atoms with E-state index < -0.39 is 4.92 Å². The Kier molecular flexibility index (Phi) is 5.89. The van der Waals surface area contributed by atoms with Gasteiger partial charge in [-0.05, 0) is 30.2 Å². The van der Waals surface area contributed by atoms with E-state index in [9.17, 15) is 14.9 Å². The third kappa shape index (κ3) is 4.23. The predicted molar refractivity (Wildman–Crippen MR) is 95.4 cm³/mol. The van der Waals surface area contributed by atoms with E-state index in [1.54, 1.807) is 12.1 Å². The molecule has 130 valence electrons. The van der Waals surface area contributed by atoms with Crippen molar-refractivity contribution in [1.82, 2.24) is 0 Å². The molecule has 0 aliphatic carbocycles. The Morgan fingerprint density at radius 1 is 1.12 bits per heavy atom. The molecule has 6 heteroatoms. The third-order valence-corrected chi connectivity index (χ3v) is 3.79. The maximum Gasteiger partial charge on any atom is 0.280 e. The van der Waals surface area contributed by atoms with E-state index in [0.717, 1.165) is 12.0 Å². The lowest BCUT2D eigenvalue weighted by Crippen LogP contribution is -1.98. The molecule has 0 spiro atoms. The standard InChI is InChI=1S/C19H19NO5/c1-4-13-5-7-14(8-6-13)17(21)10-9-15-11-18(24-2)19(25-3)12-16(15)20(22)23/h5-12H,4H2,1-3H3/b10-9+. The first-order valence-corrected chi connectivity index (χ1v) is 7.72. The van der Waals surface area contributed by atoms with Gasteiger partial charge in [0.1, 0.15) is 0 Å². The molecule has 25 heavy (non-hydrogen) atoms. The summed E-state index contributed by atoms with van der Waals surface area (Å²) in [6.07, 6.45) is 3.62. The molecule has 0 heterocycles. The summed E-state index contributed by atoms with van der Waals surface area (Å²) >= 11 is 0. The Morgan fingerprint density at radius 3 is 2.24 bits per heavy atom. The number of nitro groups is 1. The number of methoxy groups -OCH3 is 2. The van der Waals surface area contributed by atoms with Crippen molar-refractivity contribution in [2.75, 3.05) is 14.2 Å². The molecule has 0 radical (unpaired) electrons. The van der Waals surface area contributed by atoms with Gasteiger partial charge in [-0.3, -0.25) is 14.9 Å². The second-order valence-electron chi connectivity index (χ2n) is 5.27. The minimum Gasteiger partial charge on any atom is -0.493 e. The molecule has 0 amide bonds.